The molecule has 4 rings (SSSR count). The number of carboxylic acid groups (broad SMARTS) is 1. The van der Waals surface area contributed by atoms with Gasteiger partial charge in [-0.15, -0.1) is 0 Å². The van der Waals surface area contributed by atoms with Crippen LogP contribution >= 0.6 is 0 Å². The van der Waals surface area contributed by atoms with E-state index in [-0.39, 0.29) is 0 Å². The fourth-order valence-corrected chi connectivity index (χ4v) is 3.44. The van der Waals surface area contributed by atoms with Gasteiger partial charge in [0.25, 0.3) is 0 Å². The SMILES string of the molecule is O=C(O)c1c(-c2cccnc2)ncc2c1CCN(Cc1cccnc1)C2. The van der Waals surface area contributed by atoms with Crippen molar-refractivity contribution in [2.45, 2.75) is 19.5 Å². The highest BCUT2D eigenvalue weighted by molar-refractivity contribution is 5.96. The average molecular weight is 346 g/mol. The first-order valence-corrected chi connectivity index (χ1v) is 8.48. The van der Waals surface area contributed by atoms with Crippen LogP contribution in [0.5, 0.6) is 0 Å². The number of hydrogen-bond donors (Lipinski definition) is 1. The maximum absolute atomic E-state index is 12.0. The van der Waals surface area contributed by atoms with Crippen LogP contribution in [-0.4, -0.2) is 37.5 Å². The summed E-state index contributed by atoms with van der Waals surface area (Å²) in [6.45, 7) is 2.28. The summed E-state index contributed by atoms with van der Waals surface area (Å²) in [7, 11) is 0. The fourth-order valence-electron chi connectivity index (χ4n) is 3.44. The third-order valence-corrected chi connectivity index (χ3v) is 4.63. The molecule has 1 N–H and O–H groups in total. The normalized spacial score (nSPS) is 14.0. The van der Waals surface area contributed by atoms with E-state index < -0.39 is 5.97 Å². The highest BCUT2D eigenvalue weighted by Gasteiger charge is 2.26. The molecule has 3 aromatic rings. The van der Waals surface area contributed by atoms with Crippen molar-refractivity contribution in [2.75, 3.05) is 6.54 Å². The molecule has 0 atom stereocenters. The molecule has 0 saturated heterocycles. The lowest BCUT2D eigenvalue weighted by molar-refractivity contribution is 0.0695. The smallest absolute Gasteiger partial charge is 0.338 e. The zero-order chi connectivity index (χ0) is 17.9. The van der Waals surface area contributed by atoms with Crippen LogP contribution in [0.3, 0.4) is 0 Å². The van der Waals surface area contributed by atoms with Crippen LogP contribution in [0.4, 0.5) is 0 Å². The standard InChI is InChI=1S/C20H18N4O2/c25-20(26)18-17-5-8-24(12-14-3-1-6-21-9-14)13-16(17)11-23-19(18)15-4-2-7-22-10-15/h1-4,6-7,9-11H,5,8,12-13H2,(H,25,26). The Morgan fingerprint density at radius 2 is 1.92 bits per heavy atom. The molecule has 0 fully saturated rings. The molecule has 26 heavy (non-hydrogen) atoms. The Labute approximate surface area is 151 Å². The van der Waals surface area contributed by atoms with E-state index in [0.29, 0.717) is 24.2 Å². The summed E-state index contributed by atoms with van der Waals surface area (Å²) in [4.78, 5) is 27.0. The largest absolute Gasteiger partial charge is 0.478 e. The van der Waals surface area contributed by atoms with Gasteiger partial charge in [-0.2, -0.15) is 0 Å². The van der Waals surface area contributed by atoms with Crippen molar-refractivity contribution in [1.29, 1.82) is 0 Å². The molecular weight excluding hydrogens is 328 g/mol. The lowest BCUT2D eigenvalue weighted by Crippen LogP contribution is -2.31. The first kappa shape index (κ1) is 16.4. The molecule has 0 spiro atoms. The second kappa shape index (κ2) is 7.01. The first-order chi connectivity index (χ1) is 12.7. The molecule has 3 aromatic heterocycles. The van der Waals surface area contributed by atoms with E-state index in [1.54, 1.807) is 30.9 Å². The molecule has 0 amide bonds. The van der Waals surface area contributed by atoms with Crippen LogP contribution < -0.4 is 0 Å². The molecule has 1 aliphatic heterocycles. The average Bonchev–Trinajstić information content (AvgIpc) is 2.68. The minimum absolute atomic E-state index is 0.302. The summed E-state index contributed by atoms with van der Waals surface area (Å²) in [5, 5.41) is 9.80. The van der Waals surface area contributed by atoms with Crippen molar-refractivity contribution in [1.82, 2.24) is 19.9 Å². The summed E-state index contributed by atoms with van der Waals surface area (Å²) < 4.78 is 0. The first-order valence-electron chi connectivity index (χ1n) is 8.48. The summed E-state index contributed by atoms with van der Waals surface area (Å²) >= 11 is 0. The highest BCUT2D eigenvalue weighted by Crippen LogP contribution is 2.30. The minimum atomic E-state index is -0.936. The van der Waals surface area contributed by atoms with E-state index in [4.69, 9.17) is 0 Å². The van der Waals surface area contributed by atoms with Crippen LogP contribution in [-0.2, 0) is 19.5 Å². The molecule has 0 aliphatic carbocycles. The van der Waals surface area contributed by atoms with Crippen LogP contribution in [0, 0.1) is 0 Å². The van der Waals surface area contributed by atoms with E-state index in [1.807, 2.05) is 18.3 Å². The predicted molar refractivity (Wildman–Crippen MR) is 96.5 cm³/mol. The molecule has 0 bridgehead atoms. The van der Waals surface area contributed by atoms with Gasteiger partial charge in [0.2, 0.25) is 0 Å². The van der Waals surface area contributed by atoms with E-state index in [9.17, 15) is 9.90 Å². The molecule has 6 heteroatoms. The van der Waals surface area contributed by atoms with Crippen LogP contribution in [0.2, 0.25) is 0 Å². The zero-order valence-electron chi connectivity index (χ0n) is 14.2. The fraction of sp³-hybridized carbons (Fsp3) is 0.200. The van der Waals surface area contributed by atoms with E-state index in [2.05, 4.69) is 25.9 Å². The van der Waals surface area contributed by atoms with Crippen LogP contribution in [0.25, 0.3) is 11.3 Å². The van der Waals surface area contributed by atoms with E-state index >= 15 is 0 Å². The Bertz CT molecular complexity index is 929. The van der Waals surface area contributed by atoms with Crippen molar-refractivity contribution in [3.05, 3.63) is 77.5 Å². The van der Waals surface area contributed by atoms with Gasteiger partial charge < -0.3 is 5.11 Å². The maximum atomic E-state index is 12.0. The molecule has 0 unspecified atom stereocenters. The quantitative estimate of drug-likeness (QED) is 0.782. The number of hydrogen-bond acceptors (Lipinski definition) is 5. The Kier molecular flexibility index (Phi) is 4.41. The van der Waals surface area contributed by atoms with Gasteiger partial charge in [0.1, 0.15) is 0 Å². The Morgan fingerprint density at radius 3 is 2.62 bits per heavy atom. The molecule has 1 aliphatic rings. The summed E-state index contributed by atoms with van der Waals surface area (Å²) in [6, 6.07) is 7.61. The van der Waals surface area contributed by atoms with Crippen LogP contribution in [0.1, 0.15) is 27.0 Å². The Morgan fingerprint density at radius 1 is 1.12 bits per heavy atom. The summed E-state index contributed by atoms with van der Waals surface area (Å²) in [5.74, 6) is -0.936. The minimum Gasteiger partial charge on any atom is -0.478 e. The lowest BCUT2D eigenvalue weighted by atomic mass is 9.93. The summed E-state index contributed by atoms with van der Waals surface area (Å²) in [6.07, 6.45) is 9.43. The summed E-state index contributed by atoms with van der Waals surface area (Å²) in [5.41, 5.74) is 4.53. The zero-order valence-corrected chi connectivity index (χ0v) is 14.2. The number of rotatable bonds is 4. The molecular formula is C20H18N4O2. The maximum Gasteiger partial charge on any atom is 0.338 e. The number of aromatic nitrogens is 3. The van der Waals surface area contributed by atoms with E-state index in [1.165, 1.54) is 0 Å². The molecule has 130 valence electrons. The molecule has 0 saturated carbocycles. The van der Waals surface area contributed by atoms with Gasteiger partial charge in [-0.3, -0.25) is 19.9 Å². The van der Waals surface area contributed by atoms with Gasteiger partial charge in [-0.05, 0) is 41.3 Å². The number of nitrogens with zero attached hydrogens (tertiary/aromatic N) is 4. The predicted octanol–water partition coefficient (Wildman–Crippen LogP) is 2.80. The lowest BCUT2D eigenvalue weighted by Gasteiger charge is -2.29. The van der Waals surface area contributed by atoms with Crippen molar-refractivity contribution < 1.29 is 9.90 Å². The van der Waals surface area contributed by atoms with Crippen molar-refractivity contribution >= 4 is 5.97 Å². The molecule has 6 nitrogen and oxygen atoms in total. The van der Waals surface area contributed by atoms with Gasteiger partial charge in [-0.25, -0.2) is 4.79 Å². The van der Waals surface area contributed by atoms with Gasteiger partial charge in [-0.1, -0.05) is 6.07 Å². The highest BCUT2D eigenvalue weighted by atomic mass is 16.4. The van der Waals surface area contributed by atoms with Gasteiger partial charge in [0, 0.05) is 56.2 Å². The van der Waals surface area contributed by atoms with Gasteiger partial charge >= 0.3 is 5.97 Å². The molecule has 0 radical (unpaired) electrons. The molecule has 4 heterocycles. The van der Waals surface area contributed by atoms with E-state index in [0.717, 1.165) is 35.3 Å². The number of pyridine rings is 3. The Balaban J connectivity index is 1.67. The number of carbonyl (C=O) groups is 1. The molecule has 0 aromatic carbocycles. The Hall–Kier alpha value is -3.12. The topological polar surface area (TPSA) is 79.2 Å². The van der Waals surface area contributed by atoms with Crippen LogP contribution in [0.15, 0.2) is 55.2 Å². The van der Waals surface area contributed by atoms with Gasteiger partial charge in [0.05, 0.1) is 11.3 Å². The number of aromatic carboxylic acids is 1. The van der Waals surface area contributed by atoms with Crippen molar-refractivity contribution in [3.63, 3.8) is 0 Å². The van der Waals surface area contributed by atoms with Crippen molar-refractivity contribution in [2.24, 2.45) is 0 Å². The monoisotopic (exact) mass is 346 g/mol. The third kappa shape index (κ3) is 3.19. The second-order valence-electron chi connectivity index (χ2n) is 6.35. The van der Waals surface area contributed by atoms with Crippen molar-refractivity contribution in [3.8, 4) is 11.3 Å². The number of fused-ring (bicyclic) bond motifs is 1. The second-order valence-corrected chi connectivity index (χ2v) is 6.35. The number of carboxylic acids is 1. The third-order valence-electron chi connectivity index (χ3n) is 4.63. The van der Waals surface area contributed by atoms with Gasteiger partial charge in [0.15, 0.2) is 0 Å².